The van der Waals surface area contributed by atoms with Crippen molar-refractivity contribution in [2.24, 2.45) is 11.8 Å². The molecule has 25 heavy (non-hydrogen) atoms. The molecule has 1 saturated carbocycles. The van der Waals surface area contributed by atoms with E-state index in [1.807, 2.05) is 0 Å². The van der Waals surface area contributed by atoms with E-state index in [4.69, 9.17) is 0 Å². The van der Waals surface area contributed by atoms with E-state index in [1.165, 1.54) is 22.3 Å². The van der Waals surface area contributed by atoms with Crippen LogP contribution in [0, 0.1) is 25.7 Å². The van der Waals surface area contributed by atoms with E-state index in [2.05, 4.69) is 67.7 Å². The van der Waals surface area contributed by atoms with Crippen molar-refractivity contribution in [3.63, 3.8) is 0 Å². The maximum Gasteiger partial charge on any atom is 0.142 e. The van der Waals surface area contributed by atoms with Crippen LogP contribution in [0.2, 0.25) is 0 Å². The number of aryl methyl sites for hydroxylation is 2. The van der Waals surface area contributed by atoms with Crippen molar-refractivity contribution in [3.8, 4) is 0 Å². The lowest BCUT2D eigenvalue weighted by atomic mass is 9.74. The van der Waals surface area contributed by atoms with Crippen LogP contribution in [-0.2, 0) is 4.79 Å². The third-order valence-corrected chi connectivity index (χ3v) is 6.05. The molecule has 1 aliphatic carbocycles. The molecule has 2 aromatic rings. The quantitative estimate of drug-likeness (QED) is 0.832. The van der Waals surface area contributed by atoms with Gasteiger partial charge in [-0.15, -0.1) is 0 Å². The molecule has 0 amide bonds. The minimum Gasteiger partial charge on any atom is -0.302 e. The Hall–Kier alpha value is -1.93. The Labute approximate surface area is 150 Å². The highest BCUT2D eigenvalue weighted by atomic mass is 16.1. The zero-order chi connectivity index (χ0) is 17.4. The Bertz CT molecular complexity index is 683. The number of rotatable bonds is 2. The van der Waals surface area contributed by atoms with Crippen molar-refractivity contribution in [2.75, 3.05) is 0 Å². The topological polar surface area (TPSA) is 29.1 Å². The molecule has 2 aromatic carbocycles. The van der Waals surface area contributed by atoms with Gasteiger partial charge in [-0.05, 0) is 37.8 Å². The second-order valence-corrected chi connectivity index (χ2v) is 7.84. The molecule has 0 spiro atoms. The zero-order valence-electron chi connectivity index (χ0n) is 15.2. The predicted molar refractivity (Wildman–Crippen MR) is 101 cm³/mol. The first kappa shape index (κ1) is 16.5. The SMILES string of the molecule is Cc1ccc([C@H]2N[C@@H](c3ccc(C)cc3)[C@H]3CCCC[C@@H]2C3=O)cc1. The highest BCUT2D eigenvalue weighted by Gasteiger charge is 2.45. The van der Waals surface area contributed by atoms with Gasteiger partial charge in [0.1, 0.15) is 5.78 Å². The standard InChI is InChI=1S/C23H27NO/c1-15-7-11-17(12-8-15)21-19-5-3-4-6-20(23(19)25)22(24-21)18-13-9-16(2)10-14-18/h7-14,19-22,24H,3-6H2,1-2H3/t19-,20+,21+,22-. The number of carbonyl (C=O) groups is 1. The third kappa shape index (κ3) is 3.16. The Kier molecular flexibility index (Phi) is 4.47. The summed E-state index contributed by atoms with van der Waals surface area (Å²) < 4.78 is 0. The lowest BCUT2D eigenvalue weighted by Crippen LogP contribution is -2.47. The molecule has 2 nitrogen and oxygen atoms in total. The molecule has 1 heterocycles. The van der Waals surface area contributed by atoms with E-state index >= 15 is 0 Å². The van der Waals surface area contributed by atoms with E-state index in [9.17, 15) is 4.79 Å². The lowest BCUT2D eigenvalue weighted by molar-refractivity contribution is -0.131. The van der Waals surface area contributed by atoms with Crippen molar-refractivity contribution < 1.29 is 4.79 Å². The van der Waals surface area contributed by atoms with Crippen LogP contribution in [0.4, 0.5) is 0 Å². The fraction of sp³-hybridized carbons (Fsp3) is 0.435. The number of hydrogen-bond acceptors (Lipinski definition) is 2. The first-order valence-corrected chi connectivity index (χ1v) is 9.56. The number of fused-ring (bicyclic) bond motifs is 2. The van der Waals surface area contributed by atoms with Gasteiger partial charge in [-0.2, -0.15) is 0 Å². The van der Waals surface area contributed by atoms with Gasteiger partial charge in [0.15, 0.2) is 0 Å². The number of hydrogen-bond donors (Lipinski definition) is 1. The van der Waals surface area contributed by atoms with Gasteiger partial charge in [0.05, 0.1) is 0 Å². The molecule has 1 aliphatic heterocycles. The van der Waals surface area contributed by atoms with Crippen LogP contribution in [0.15, 0.2) is 48.5 Å². The molecule has 2 heteroatoms. The van der Waals surface area contributed by atoms with Gasteiger partial charge < -0.3 is 5.32 Å². The molecule has 130 valence electrons. The monoisotopic (exact) mass is 333 g/mol. The van der Waals surface area contributed by atoms with Crippen LogP contribution in [0.1, 0.15) is 60.0 Å². The minimum atomic E-state index is 0.122. The van der Waals surface area contributed by atoms with E-state index in [1.54, 1.807) is 0 Å². The fourth-order valence-electron chi connectivity index (χ4n) is 4.58. The number of Topliss-reactive ketones (excluding diaryl/α,β-unsaturated/α-hetero) is 1. The molecule has 4 atom stereocenters. The van der Waals surface area contributed by atoms with Crippen LogP contribution in [-0.4, -0.2) is 5.78 Å². The Morgan fingerprint density at radius 3 is 1.52 bits per heavy atom. The molecular formula is C23H27NO. The van der Waals surface area contributed by atoms with E-state index < -0.39 is 0 Å². The molecule has 1 N–H and O–H groups in total. The summed E-state index contributed by atoms with van der Waals surface area (Å²) in [5.74, 6) is 0.723. The summed E-state index contributed by atoms with van der Waals surface area (Å²) in [6.07, 6.45) is 4.36. The van der Waals surface area contributed by atoms with Gasteiger partial charge in [0.2, 0.25) is 0 Å². The van der Waals surface area contributed by atoms with Crippen molar-refractivity contribution >= 4 is 5.78 Å². The molecule has 1 saturated heterocycles. The number of nitrogens with one attached hydrogen (secondary N) is 1. The van der Waals surface area contributed by atoms with Crippen LogP contribution in [0.3, 0.4) is 0 Å². The molecule has 2 fully saturated rings. The van der Waals surface area contributed by atoms with Gasteiger partial charge in [0.25, 0.3) is 0 Å². The highest BCUT2D eigenvalue weighted by molar-refractivity contribution is 5.86. The second-order valence-electron chi connectivity index (χ2n) is 7.84. The van der Waals surface area contributed by atoms with Gasteiger partial charge >= 0.3 is 0 Å². The van der Waals surface area contributed by atoms with E-state index in [0.29, 0.717) is 5.78 Å². The summed E-state index contributed by atoms with van der Waals surface area (Å²) in [4.78, 5) is 13.3. The molecule has 2 aliphatic rings. The van der Waals surface area contributed by atoms with E-state index in [0.717, 1.165) is 25.7 Å². The van der Waals surface area contributed by atoms with Crippen LogP contribution in [0.5, 0.6) is 0 Å². The predicted octanol–water partition coefficient (Wildman–Crippen LogP) is 5.06. The third-order valence-electron chi connectivity index (χ3n) is 6.05. The van der Waals surface area contributed by atoms with Crippen molar-refractivity contribution in [2.45, 2.75) is 51.6 Å². The van der Waals surface area contributed by atoms with Crippen molar-refractivity contribution in [3.05, 3.63) is 70.8 Å². The van der Waals surface area contributed by atoms with Gasteiger partial charge in [0, 0.05) is 23.9 Å². The Morgan fingerprint density at radius 2 is 1.12 bits per heavy atom. The van der Waals surface area contributed by atoms with Crippen molar-refractivity contribution in [1.82, 2.24) is 5.32 Å². The number of benzene rings is 2. The Balaban J connectivity index is 1.73. The van der Waals surface area contributed by atoms with Gasteiger partial charge in [-0.3, -0.25) is 4.79 Å². The van der Waals surface area contributed by atoms with Gasteiger partial charge in [-0.1, -0.05) is 72.5 Å². The zero-order valence-corrected chi connectivity index (χ0v) is 15.2. The first-order valence-electron chi connectivity index (χ1n) is 9.56. The molecule has 0 unspecified atom stereocenters. The second kappa shape index (κ2) is 6.76. The maximum atomic E-state index is 13.3. The Morgan fingerprint density at radius 1 is 0.720 bits per heavy atom. The summed E-state index contributed by atoms with van der Waals surface area (Å²) in [6.45, 7) is 4.22. The van der Waals surface area contributed by atoms with E-state index in [-0.39, 0.29) is 23.9 Å². The smallest absolute Gasteiger partial charge is 0.142 e. The molecular weight excluding hydrogens is 306 g/mol. The van der Waals surface area contributed by atoms with Crippen LogP contribution >= 0.6 is 0 Å². The van der Waals surface area contributed by atoms with Crippen LogP contribution in [0.25, 0.3) is 0 Å². The largest absolute Gasteiger partial charge is 0.302 e. The average molecular weight is 333 g/mol. The molecule has 2 bridgehead atoms. The molecule has 4 rings (SSSR count). The normalized spacial score (nSPS) is 29.3. The number of ketones is 1. The fourth-order valence-corrected chi connectivity index (χ4v) is 4.58. The first-order chi connectivity index (χ1) is 12.1. The molecule has 0 radical (unpaired) electrons. The summed E-state index contributed by atoms with van der Waals surface area (Å²) in [5, 5.41) is 3.88. The molecule has 0 aromatic heterocycles. The summed E-state index contributed by atoms with van der Waals surface area (Å²) in [5.41, 5.74) is 5.03. The number of piperidine rings is 1. The summed E-state index contributed by atoms with van der Waals surface area (Å²) in [6, 6.07) is 17.7. The maximum absolute atomic E-state index is 13.3. The lowest BCUT2D eigenvalue weighted by Gasteiger charge is -2.41. The van der Waals surface area contributed by atoms with Crippen molar-refractivity contribution in [1.29, 1.82) is 0 Å². The summed E-state index contributed by atoms with van der Waals surface area (Å²) >= 11 is 0. The van der Waals surface area contributed by atoms with Gasteiger partial charge in [-0.25, -0.2) is 0 Å². The van der Waals surface area contributed by atoms with Crippen LogP contribution < -0.4 is 5.32 Å². The summed E-state index contributed by atoms with van der Waals surface area (Å²) in [7, 11) is 0. The number of carbonyl (C=O) groups excluding carboxylic acids is 1. The highest BCUT2D eigenvalue weighted by Crippen LogP contribution is 2.44. The average Bonchev–Trinajstić information content (AvgIpc) is 2.74. The minimum absolute atomic E-state index is 0.122.